The number of rotatable bonds is 3. The largest absolute Gasteiger partial charge is 0.311 e. The predicted molar refractivity (Wildman–Crippen MR) is 97.5 cm³/mol. The first-order chi connectivity index (χ1) is 11.5. The van der Waals surface area contributed by atoms with Gasteiger partial charge in [0.15, 0.2) is 0 Å². The number of amides is 1. The van der Waals surface area contributed by atoms with Gasteiger partial charge in [0.05, 0.1) is 15.1 Å². The van der Waals surface area contributed by atoms with Crippen LogP contribution in [-0.4, -0.2) is 17.9 Å². The number of nitrogens with zero attached hydrogens (tertiary/aromatic N) is 2. The van der Waals surface area contributed by atoms with Gasteiger partial charge < -0.3 is 4.90 Å². The van der Waals surface area contributed by atoms with Crippen molar-refractivity contribution < 1.29 is 9.72 Å². The minimum absolute atomic E-state index is 0.132. The van der Waals surface area contributed by atoms with Crippen molar-refractivity contribution in [2.24, 2.45) is 0 Å². The van der Waals surface area contributed by atoms with E-state index in [2.05, 4.69) is 15.9 Å². The number of carbonyl (C=O) groups is 1. The molecule has 0 aliphatic carbocycles. The minimum Gasteiger partial charge on any atom is -0.311 e. The fraction of sp³-hybridized carbons (Fsp3) is 0.0556. The monoisotopic (exact) mass is 384 g/mol. The molecule has 0 N–H and O–H groups in total. The van der Waals surface area contributed by atoms with Gasteiger partial charge in [-0.15, -0.1) is 0 Å². The molecule has 0 radical (unpaired) electrons. The van der Waals surface area contributed by atoms with E-state index in [1.54, 1.807) is 13.1 Å². The van der Waals surface area contributed by atoms with Crippen LogP contribution in [0.1, 0.15) is 10.4 Å². The van der Waals surface area contributed by atoms with Crippen molar-refractivity contribution in [1.29, 1.82) is 0 Å². The normalized spacial score (nSPS) is 10.6. The van der Waals surface area contributed by atoms with Gasteiger partial charge in [0.2, 0.25) is 0 Å². The van der Waals surface area contributed by atoms with Crippen molar-refractivity contribution in [3.8, 4) is 0 Å². The fourth-order valence-corrected chi connectivity index (χ4v) is 2.98. The van der Waals surface area contributed by atoms with Gasteiger partial charge in [0, 0.05) is 24.1 Å². The molecule has 0 atom stereocenters. The predicted octanol–water partition coefficient (Wildman–Crippen LogP) is 4.79. The van der Waals surface area contributed by atoms with Gasteiger partial charge in [-0.05, 0) is 39.5 Å². The van der Waals surface area contributed by atoms with Crippen LogP contribution in [0.25, 0.3) is 10.8 Å². The summed E-state index contributed by atoms with van der Waals surface area (Å²) in [5.41, 5.74) is 0.885. The molecular formula is C18H13BrN2O3. The molecular weight excluding hydrogens is 372 g/mol. The third-order valence-corrected chi connectivity index (χ3v) is 4.49. The second-order valence-corrected chi connectivity index (χ2v) is 6.14. The van der Waals surface area contributed by atoms with E-state index < -0.39 is 4.92 Å². The summed E-state index contributed by atoms with van der Waals surface area (Å²) >= 11 is 3.13. The summed E-state index contributed by atoms with van der Waals surface area (Å²) in [4.78, 5) is 24.8. The van der Waals surface area contributed by atoms with Gasteiger partial charge >= 0.3 is 0 Å². The Kier molecular flexibility index (Phi) is 4.31. The van der Waals surface area contributed by atoms with Crippen LogP contribution in [0.4, 0.5) is 11.4 Å². The molecule has 5 nitrogen and oxygen atoms in total. The molecule has 0 aliphatic heterocycles. The maximum Gasteiger partial charge on any atom is 0.284 e. The maximum absolute atomic E-state index is 12.8. The summed E-state index contributed by atoms with van der Waals surface area (Å²) < 4.78 is 0.344. The van der Waals surface area contributed by atoms with Gasteiger partial charge in [-0.1, -0.05) is 36.4 Å². The van der Waals surface area contributed by atoms with Gasteiger partial charge in [0.1, 0.15) is 0 Å². The Hall–Kier alpha value is -2.73. The van der Waals surface area contributed by atoms with E-state index in [4.69, 9.17) is 0 Å². The zero-order valence-corrected chi connectivity index (χ0v) is 14.4. The summed E-state index contributed by atoms with van der Waals surface area (Å²) in [7, 11) is 1.66. The highest BCUT2D eigenvalue weighted by Crippen LogP contribution is 2.29. The number of carbonyl (C=O) groups excluding carboxylic acids is 1. The Morgan fingerprint density at radius 2 is 1.79 bits per heavy atom. The zero-order valence-electron chi connectivity index (χ0n) is 12.8. The van der Waals surface area contributed by atoms with Crippen molar-refractivity contribution in [2.75, 3.05) is 11.9 Å². The van der Waals surface area contributed by atoms with E-state index in [1.807, 2.05) is 42.5 Å². The topological polar surface area (TPSA) is 63.5 Å². The molecule has 0 fully saturated rings. The van der Waals surface area contributed by atoms with Crippen LogP contribution in [0.3, 0.4) is 0 Å². The van der Waals surface area contributed by atoms with Gasteiger partial charge in [-0.2, -0.15) is 0 Å². The first kappa shape index (κ1) is 16.1. The lowest BCUT2D eigenvalue weighted by Crippen LogP contribution is -2.26. The molecule has 0 saturated heterocycles. The molecule has 0 aliphatic rings. The number of hydrogen-bond acceptors (Lipinski definition) is 3. The molecule has 3 rings (SSSR count). The first-order valence-electron chi connectivity index (χ1n) is 7.19. The summed E-state index contributed by atoms with van der Waals surface area (Å²) in [5.74, 6) is -0.304. The van der Waals surface area contributed by atoms with Crippen LogP contribution < -0.4 is 4.90 Å². The molecule has 0 aromatic heterocycles. The molecule has 0 heterocycles. The molecule has 0 spiro atoms. The lowest BCUT2D eigenvalue weighted by atomic mass is 10.1. The molecule has 6 heteroatoms. The summed E-state index contributed by atoms with van der Waals surface area (Å²) in [6, 6.07) is 17.8. The van der Waals surface area contributed by atoms with E-state index in [0.717, 1.165) is 16.5 Å². The summed E-state index contributed by atoms with van der Waals surface area (Å²) in [6.07, 6.45) is 0. The average molecular weight is 385 g/mol. The van der Waals surface area contributed by atoms with Crippen LogP contribution in [0.2, 0.25) is 0 Å². The maximum atomic E-state index is 12.8. The quantitative estimate of drug-likeness (QED) is 0.481. The van der Waals surface area contributed by atoms with Gasteiger partial charge in [-0.25, -0.2) is 0 Å². The highest BCUT2D eigenvalue weighted by molar-refractivity contribution is 9.10. The molecule has 1 amide bonds. The number of nitro groups is 1. The number of benzene rings is 3. The van der Waals surface area contributed by atoms with Crippen molar-refractivity contribution in [3.63, 3.8) is 0 Å². The number of anilines is 1. The molecule has 0 bridgehead atoms. The van der Waals surface area contributed by atoms with Crippen molar-refractivity contribution in [2.45, 2.75) is 0 Å². The second-order valence-electron chi connectivity index (χ2n) is 5.29. The van der Waals surface area contributed by atoms with Crippen LogP contribution in [0, 0.1) is 10.1 Å². The smallest absolute Gasteiger partial charge is 0.284 e. The molecule has 3 aromatic rings. The first-order valence-corrected chi connectivity index (χ1v) is 7.98. The molecule has 120 valence electrons. The van der Waals surface area contributed by atoms with E-state index in [9.17, 15) is 14.9 Å². The highest BCUT2D eigenvalue weighted by Gasteiger charge is 2.20. The van der Waals surface area contributed by atoms with Crippen molar-refractivity contribution in [3.05, 3.63) is 80.8 Å². The Morgan fingerprint density at radius 1 is 1.08 bits per heavy atom. The molecule has 0 saturated carbocycles. The fourth-order valence-electron chi connectivity index (χ4n) is 2.59. The van der Waals surface area contributed by atoms with Crippen LogP contribution in [0.5, 0.6) is 0 Å². The number of nitro benzene ring substituents is 1. The summed E-state index contributed by atoms with van der Waals surface area (Å²) in [5, 5.41) is 13.0. The number of halogens is 1. The zero-order chi connectivity index (χ0) is 17.3. The minimum atomic E-state index is -0.515. The van der Waals surface area contributed by atoms with E-state index in [1.165, 1.54) is 17.0 Å². The molecule has 24 heavy (non-hydrogen) atoms. The van der Waals surface area contributed by atoms with Gasteiger partial charge in [-0.3, -0.25) is 14.9 Å². The van der Waals surface area contributed by atoms with Crippen LogP contribution in [-0.2, 0) is 0 Å². The Labute approximate surface area is 146 Å². The van der Waals surface area contributed by atoms with Crippen molar-refractivity contribution >= 4 is 44.0 Å². The van der Waals surface area contributed by atoms with E-state index in [0.29, 0.717) is 4.47 Å². The highest BCUT2D eigenvalue weighted by atomic mass is 79.9. The molecule has 0 unspecified atom stereocenters. The van der Waals surface area contributed by atoms with Gasteiger partial charge in [0.25, 0.3) is 11.6 Å². The Balaban J connectivity index is 2.03. The lowest BCUT2D eigenvalue weighted by molar-refractivity contribution is -0.385. The Bertz CT molecular complexity index is 951. The number of fused-ring (bicyclic) bond motifs is 1. The standard InChI is InChI=1S/C18H13BrN2O3/c1-20(16-8-4-6-12-5-2-3-7-14(12)16)18(22)13-9-10-15(19)17(11-13)21(23)24/h2-11H,1H3. The third kappa shape index (κ3) is 2.88. The SMILES string of the molecule is CN(C(=O)c1ccc(Br)c([N+](=O)[O-])c1)c1cccc2ccccc12. The van der Waals surface area contributed by atoms with Crippen LogP contribution in [0.15, 0.2) is 65.1 Å². The third-order valence-electron chi connectivity index (χ3n) is 3.82. The van der Waals surface area contributed by atoms with Crippen LogP contribution >= 0.6 is 15.9 Å². The Morgan fingerprint density at radius 3 is 2.54 bits per heavy atom. The lowest BCUT2D eigenvalue weighted by Gasteiger charge is -2.19. The number of hydrogen-bond donors (Lipinski definition) is 0. The molecule has 3 aromatic carbocycles. The van der Waals surface area contributed by atoms with Crippen molar-refractivity contribution in [1.82, 2.24) is 0 Å². The second kappa shape index (κ2) is 6.41. The van der Waals surface area contributed by atoms with E-state index >= 15 is 0 Å². The van der Waals surface area contributed by atoms with E-state index in [-0.39, 0.29) is 17.2 Å². The average Bonchev–Trinajstić information content (AvgIpc) is 2.60. The summed E-state index contributed by atoms with van der Waals surface area (Å²) in [6.45, 7) is 0.